The van der Waals surface area contributed by atoms with E-state index >= 15 is 0 Å². The predicted molar refractivity (Wildman–Crippen MR) is 69.2 cm³/mol. The van der Waals surface area contributed by atoms with E-state index in [1.165, 1.54) is 0 Å². The molecule has 0 spiro atoms. The lowest BCUT2D eigenvalue weighted by molar-refractivity contribution is 0.0796. The first-order valence-corrected chi connectivity index (χ1v) is 6.59. The second-order valence-electron chi connectivity index (χ2n) is 5.03. The number of imidazole rings is 1. The highest BCUT2D eigenvalue weighted by molar-refractivity contribution is 5.41. The molecule has 2 N–H and O–H groups in total. The molecule has 0 aromatic carbocycles. The van der Waals surface area contributed by atoms with Crippen LogP contribution in [0.3, 0.4) is 0 Å². The minimum Gasteiger partial charge on any atom is -0.384 e. The predicted octanol–water partition coefficient (Wildman–Crippen LogP) is 2.50. The van der Waals surface area contributed by atoms with Crippen molar-refractivity contribution in [2.24, 2.45) is 0 Å². The fourth-order valence-corrected chi connectivity index (χ4v) is 2.60. The van der Waals surface area contributed by atoms with Gasteiger partial charge >= 0.3 is 0 Å². The summed E-state index contributed by atoms with van der Waals surface area (Å²) in [6.07, 6.45) is 3.18. The van der Waals surface area contributed by atoms with Crippen LogP contribution in [0.25, 0.3) is 0 Å². The third kappa shape index (κ3) is 2.32. The summed E-state index contributed by atoms with van der Waals surface area (Å²) in [4.78, 5) is 4.73. The number of nitrogens with two attached hydrogens (primary N) is 1. The molecule has 0 radical (unpaired) electrons. The van der Waals surface area contributed by atoms with Crippen molar-refractivity contribution in [2.45, 2.75) is 52.0 Å². The fourth-order valence-electron chi connectivity index (χ4n) is 2.60. The zero-order chi connectivity index (χ0) is 12.4. The zero-order valence-electron chi connectivity index (χ0n) is 11.1. The van der Waals surface area contributed by atoms with E-state index in [1.54, 1.807) is 0 Å². The van der Waals surface area contributed by atoms with Gasteiger partial charge in [0.1, 0.15) is 11.6 Å². The van der Waals surface area contributed by atoms with Gasteiger partial charge in [0.05, 0.1) is 12.3 Å². The number of nitrogen functional groups attached to an aromatic ring is 1. The maximum absolute atomic E-state index is 6.26. The van der Waals surface area contributed by atoms with Crippen LogP contribution in [0.5, 0.6) is 0 Å². The molecule has 0 aliphatic carbocycles. The molecule has 0 amide bonds. The molecule has 1 aromatic rings. The Morgan fingerprint density at radius 2 is 2.29 bits per heavy atom. The van der Waals surface area contributed by atoms with E-state index in [4.69, 9.17) is 15.5 Å². The molecule has 1 unspecified atom stereocenters. The average Bonchev–Trinajstić information content (AvgIpc) is 2.67. The molecule has 1 fully saturated rings. The summed E-state index contributed by atoms with van der Waals surface area (Å²) in [5.74, 6) is 2.32. The molecule has 1 aliphatic rings. The molecule has 1 atom stereocenters. The molecule has 0 saturated carbocycles. The van der Waals surface area contributed by atoms with Crippen LogP contribution in [0.4, 0.5) is 5.82 Å². The normalized spacial score (nSPS) is 21.1. The van der Waals surface area contributed by atoms with Crippen molar-refractivity contribution in [3.63, 3.8) is 0 Å². The van der Waals surface area contributed by atoms with Gasteiger partial charge < -0.3 is 15.0 Å². The van der Waals surface area contributed by atoms with Crippen LogP contribution >= 0.6 is 0 Å². The minimum atomic E-state index is 0.371. The number of nitrogens with zero attached hydrogens (tertiary/aromatic N) is 2. The first-order chi connectivity index (χ1) is 8.15. The van der Waals surface area contributed by atoms with Crippen LogP contribution in [-0.2, 0) is 11.2 Å². The van der Waals surface area contributed by atoms with Crippen LogP contribution in [0, 0.1) is 0 Å². The number of aromatic nitrogens is 2. The van der Waals surface area contributed by atoms with Gasteiger partial charge in [-0.25, -0.2) is 4.98 Å². The quantitative estimate of drug-likeness (QED) is 0.878. The van der Waals surface area contributed by atoms with Crippen LogP contribution in [-0.4, -0.2) is 22.8 Å². The molecule has 4 heteroatoms. The Bertz CT molecular complexity index is 378. The monoisotopic (exact) mass is 237 g/mol. The standard InChI is InChI=1S/C13H23N3O/c1-4-11-15-12(10-6-5-7-17-8-10)13(14)16(11)9(2)3/h9-10H,4-8,14H2,1-3H3. The van der Waals surface area contributed by atoms with E-state index in [1.807, 2.05) is 0 Å². The smallest absolute Gasteiger partial charge is 0.127 e. The Hall–Kier alpha value is -1.03. The van der Waals surface area contributed by atoms with Crippen LogP contribution in [0.2, 0.25) is 0 Å². The molecule has 96 valence electrons. The highest BCUT2D eigenvalue weighted by Crippen LogP contribution is 2.31. The van der Waals surface area contributed by atoms with Gasteiger partial charge in [0.15, 0.2) is 0 Å². The molecule has 1 saturated heterocycles. The van der Waals surface area contributed by atoms with Crippen molar-refractivity contribution >= 4 is 5.82 Å². The van der Waals surface area contributed by atoms with Gasteiger partial charge in [-0.05, 0) is 26.7 Å². The Kier molecular flexibility index (Phi) is 3.72. The summed E-state index contributed by atoms with van der Waals surface area (Å²) in [6, 6.07) is 0.371. The van der Waals surface area contributed by atoms with E-state index in [0.29, 0.717) is 12.0 Å². The second kappa shape index (κ2) is 5.08. The van der Waals surface area contributed by atoms with Crippen molar-refractivity contribution < 1.29 is 4.74 Å². The topological polar surface area (TPSA) is 53.1 Å². The van der Waals surface area contributed by atoms with E-state index in [-0.39, 0.29) is 0 Å². The largest absolute Gasteiger partial charge is 0.384 e. The van der Waals surface area contributed by atoms with E-state index in [2.05, 4.69) is 25.3 Å². The lowest BCUT2D eigenvalue weighted by Gasteiger charge is -2.21. The van der Waals surface area contributed by atoms with Crippen molar-refractivity contribution in [1.29, 1.82) is 0 Å². The van der Waals surface area contributed by atoms with Crippen LogP contribution in [0.15, 0.2) is 0 Å². The molecule has 4 nitrogen and oxygen atoms in total. The summed E-state index contributed by atoms with van der Waals surface area (Å²) >= 11 is 0. The zero-order valence-corrected chi connectivity index (χ0v) is 11.1. The van der Waals surface area contributed by atoms with Crippen molar-refractivity contribution in [2.75, 3.05) is 18.9 Å². The third-order valence-electron chi connectivity index (χ3n) is 3.43. The van der Waals surface area contributed by atoms with Gasteiger partial charge in [0.2, 0.25) is 0 Å². The molecular weight excluding hydrogens is 214 g/mol. The summed E-state index contributed by atoms with van der Waals surface area (Å²) in [5.41, 5.74) is 7.31. The summed E-state index contributed by atoms with van der Waals surface area (Å²) in [6.45, 7) is 8.07. The SMILES string of the molecule is CCc1nc(C2CCCOC2)c(N)n1C(C)C. The summed E-state index contributed by atoms with van der Waals surface area (Å²) < 4.78 is 7.69. The lowest BCUT2D eigenvalue weighted by atomic mass is 9.98. The van der Waals surface area contributed by atoms with Crippen molar-refractivity contribution in [3.05, 3.63) is 11.5 Å². The van der Waals surface area contributed by atoms with Crippen molar-refractivity contribution in [1.82, 2.24) is 9.55 Å². The van der Waals surface area contributed by atoms with Gasteiger partial charge in [-0.3, -0.25) is 0 Å². The molecule has 1 aliphatic heterocycles. The highest BCUT2D eigenvalue weighted by atomic mass is 16.5. The maximum Gasteiger partial charge on any atom is 0.127 e. The molecule has 2 rings (SSSR count). The Labute approximate surface area is 103 Å². The maximum atomic E-state index is 6.26. The molecule has 17 heavy (non-hydrogen) atoms. The number of ether oxygens (including phenoxy) is 1. The van der Waals surface area contributed by atoms with E-state index in [9.17, 15) is 0 Å². The number of hydrogen-bond acceptors (Lipinski definition) is 3. The van der Waals surface area contributed by atoms with Crippen LogP contribution < -0.4 is 5.73 Å². The second-order valence-corrected chi connectivity index (χ2v) is 5.03. The fraction of sp³-hybridized carbons (Fsp3) is 0.769. The first-order valence-electron chi connectivity index (χ1n) is 6.59. The Morgan fingerprint density at radius 3 is 2.76 bits per heavy atom. The number of rotatable bonds is 3. The average molecular weight is 237 g/mol. The number of aryl methyl sites for hydroxylation is 1. The Balaban J connectivity index is 2.34. The number of hydrogen-bond donors (Lipinski definition) is 1. The third-order valence-corrected chi connectivity index (χ3v) is 3.43. The number of anilines is 1. The molecule has 0 bridgehead atoms. The molecule has 2 heterocycles. The van der Waals surface area contributed by atoms with E-state index in [0.717, 1.165) is 49.8 Å². The van der Waals surface area contributed by atoms with Crippen molar-refractivity contribution in [3.8, 4) is 0 Å². The van der Waals surface area contributed by atoms with Gasteiger partial charge in [-0.2, -0.15) is 0 Å². The minimum absolute atomic E-state index is 0.371. The summed E-state index contributed by atoms with van der Waals surface area (Å²) in [7, 11) is 0. The molecule has 1 aromatic heterocycles. The molecular formula is C13H23N3O. The summed E-state index contributed by atoms with van der Waals surface area (Å²) in [5, 5.41) is 0. The lowest BCUT2D eigenvalue weighted by Crippen LogP contribution is -2.17. The van der Waals surface area contributed by atoms with Gasteiger partial charge in [-0.1, -0.05) is 6.92 Å². The first kappa shape index (κ1) is 12.4. The van der Waals surface area contributed by atoms with Crippen LogP contribution in [0.1, 0.15) is 57.1 Å². The van der Waals surface area contributed by atoms with Gasteiger partial charge in [-0.15, -0.1) is 0 Å². The van der Waals surface area contributed by atoms with Gasteiger partial charge in [0.25, 0.3) is 0 Å². The van der Waals surface area contributed by atoms with E-state index < -0.39 is 0 Å². The highest BCUT2D eigenvalue weighted by Gasteiger charge is 2.24. The van der Waals surface area contributed by atoms with Gasteiger partial charge in [0, 0.05) is 25.0 Å². The Morgan fingerprint density at radius 1 is 1.53 bits per heavy atom.